The number of aromatic nitrogens is 4. The van der Waals surface area contributed by atoms with Crippen molar-refractivity contribution < 1.29 is 4.79 Å². The summed E-state index contributed by atoms with van der Waals surface area (Å²) in [6, 6.07) is 6.95. The molecule has 0 radical (unpaired) electrons. The van der Waals surface area contributed by atoms with Gasteiger partial charge < -0.3 is 14.9 Å². The zero-order valence-electron chi connectivity index (χ0n) is 15.7. The Kier molecular flexibility index (Phi) is 5.25. The summed E-state index contributed by atoms with van der Waals surface area (Å²) in [5.41, 5.74) is 2.30. The average Bonchev–Trinajstić information content (AvgIpc) is 2.96. The minimum absolute atomic E-state index is 0.222. The smallest absolute Gasteiger partial charge is 0.316 e. The minimum Gasteiger partial charge on any atom is -0.352 e. The van der Waals surface area contributed by atoms with Gasteiger partial charge in [-0.2, -0.15) is 5.10 Å². The molecule has 0 aliphatic rings. The number of hydrogen-bond donors (Lipinski definition) is 2. The first-order valence-electron chi connectivity index (χ1n) is 8.97. The molecule has 2 N–H and O–H groups in total. The number of H-pyrrole nitrogens is 1. The molecule has 2 aromatic heterocycles. The lowest BCUT2D eigenvalue weighted by molar-refractivity contribution is 0.0952. The number of amides is 1. The van der Waals surface area contributed by atoms with E-state index in [4.69, 9.17) is 0 Å². The van der Waals surface area contributed by atoms with E-state index in [1.807, 2.05) is 24.6 Å². The number of rotatable bonds is 6. The van der Waals surface area contributed by atoms with Crippen LogP contribution in [0.4, 0.5) is 0 Å². The van der Waals surface area contributed by atoms with E-state index in [9.17, 15) is 14.4 Å². The average molecular weight is 369 g/mol. The maximum Gasteiger partial charge on any atom is 0.316 e. The molecule has 8 nitrogen and oxygen atoms in total. The summed E-state index contributed by atoms with van der Waals surface area (Å²) >= 11 is 0. The summed E-state index contributed by atoms with van der Waals surface area (Å²) in [5.74, 6) is -0.222. The third-order valence-corrected chi connectivity index (χ3v) is 4.49. The first-order valence-corrected chi connectivity index (χ1v) is 8.97. The summed E-state index contributed by atoms with van der Waals surface area (Å²) in [7, 11) is 0. The van der Waals surface area contributed by atoms with Crippen LogP contribution < -0.4 is 16.4 Å². The third kappa shape index (κ3) is 3.84. The van der Waals surface area contributed by atoms with E-state index in [1.165, 1.54) is 4.57 Å². The number of carbonyl (C=O) groups excluding carboxylic acids is 1. The van der Waals surface area contributed by atoms with Crippen LogP contribution in [-0.4, -0.2) is 31.8 Å². The van der Waals surface area contributed by atoms with Crippen molar-refractivity contribution in [2.45, 2.75) is 40.3 Å². The second-order valence-corrected chi connectivity index (χ2v) is 6.50. The molecule has 3 aromatic rings. The van der Waals surface area contributed by atoms with Crippen molar-refractivity contribution in [2.24, 2.45) is 0 Å². The van der Waals surface area contributed by atoms with Crippen molar-refractivity contribution in [3.63, 3.8) is 0 Å². The van der Waals surface area contributed by atoms with Crippen LogP contribution in [0, 0.1) is 13.8 Å². The van der Waals surface area contributed by atoms with Crippen molar-refractivity contribution in [1.29, 1.82) is 0 Å². The Hall–Kier alpha value is -3.16. The Morgan fingerprint density at radius 1 is 1.22 bits per heavy atom. The van der Waals surface area contributed by atoms with Gasteiger partial charge in [0.05, 0.1) is 16.7 Å². The van der Waals surface area contributed by atoms with Crippen molar-refractivity contribution in [3.8, 4) is 0 Å². The van der Waals surface area contributed by atoms with E-state index >= 15 is 0 Å². The molecule has 0 saturated heterocycles. The molecule has 3 rings (SSSR count). The van der Waals surface area contributed by atoms with Gasteiger partial charge in [0.2, 0.25) is 0 Å². The van der Waals surface area contributed by atoms with Crippen molar-refractivity contribution >= 4 is 16.9 Å². The number of nitrogens with one attached hydrogen (secondary N) is 2. The normalized spacial score (nSPS) is 11.1. The van der Waals surface area contributed by atoms with E-state index in [0.717, 1.165) is 24.4 Å². The number of carbonyl (C=O) groups is 1. The highest BCUT2D eigenvalue weighted by Crippen LogP contribution is 2.11. The molecule has 0 atom stereocenters. The number of hydrogen-bond acceptors (Lipinski definition) is 4. The number of fused-ring (bicyclic) bond motifs is 1. The maximum absolute atomic E-state index is 12.4. The summed E-state index contributed by atoms with van der Waals surface area (Å²) in [6.07, 6.45) is 0.757. The van der Waals surface area contributed by atoms with Gasteiger partial charge in [0.25, 0.3) is 5.91 Å². The summed E-state index contributed by atoms with van der Waals surface area (Å²) in [6.45, 7) is 7.38. The van der Waals surface area contributed by atoms with Gasteiger partial charge in [-0.1, -0.05) is 0 Å². The molecule has 1 aromatic carbocycles. The first-order chi connectivity index (χ1) is 12.9. The zero-order valence-corrected chi connectivity index (χ0v) is 15.7. The lowest BCUT2D eigenvalue weighted by Crippen LogP contribution is -2.36. The Morgan fingerprint density at radius 2 is 2.00 bits per heavy atom. The van der Waals surface area contributed by atoms with Crippen LogP contribution in [0.2, 0.25) is 0 Å². The SMILES string of the molecule is CCn1c(=O)c(=O)[nH]c2cc(C(=O)NCCCn3nc(C)cc3C)ccc21. The van der Waals surface area contributed by atoms with E-state index in [-0.39, 0.29) is 5.91 Å². The molecule has 142 valence electrons. The zero-order chi connectivity index (χ0) is 19.6. The van der Waals surface area contributed by atoms with Crippen molar-refractivity contribution in [1.82, 2.24) is 24.6 Å². The van der Waals surface area contributed by atoms with Crippen LogP contribution in [0.25, 0.3) is 11.0 Å². The summed E-state index contributed by atoms with van der Waals surface area (Å²) in [5, 5.41) is 7.27. The third-order valence-electron chi connectivity index (χ3n) is 4.49. The highest BCUT2D eigenvalue weighted by molar-refractivity contribution is 5.97. The molecule has 0 spiro atoms. The Balaban J connectivity index is 1.69. The van der Waals surface area contributed by atoms with E-state index in [2.05, 4.69) is 15.4 Å². The Morgan fingerprint density at radius 3 is 2.67 bits per heavy atom. The molecule has 8 heteroatoms. The fourth-order valence-electron chi connectivity index (χ4n) is 3.17. The molecule has 0 aliphatic carbocycles. The molecule has 2 heterocycles. The predicted molar refractivity (Wildman–Crippen MR) is 103 cm³/mol. The summed E-state index contributed by atoms with van der Waals surface area (Å²) < 4.78 is 3.32. The monoisotopic (exact) mass is 369 g/mol. The van der Waals surface area contributed by atoms with Crippen LogP contribution >= 0.6 is 0 Å². The highest BCUT2D eigenvalue weighted by Gasteiger charge is 2.10. The molecule has 0 fully saturated rings. The Bertz CT molecular complexity index is 1110. The molecular formula is C19H23N5O3. The minimum atomic E-state index is -0.688. The topological polar surface area (TPSA) is 102 Å². The van der Waals surface area contributed by atoms with E-state index < -0.39 is 11.1 Å². The van der Waals surface area contributed by atoms with Gasteiger partial charge in [0, 0.05) is 30.9 Å². The van der Waals surface area contributed by atoms with E-state index in [1.54, 1.807) is 25.1 Å². The van der Waals surface area contributed by atoms with Crippen molar-refractivity contribution in [3.05, 3.63) is 61.9 Å². The molecule has 0 aliphatic heterocycles. The highest BCUT2D eigenvalue weighted by atomic mass is 16.2. The molecule has 0 unspecified atom stereocenters. The van der Waals surface area contributed by atoms with Crippen LogP contribution in [0.15, 0.2) is 33.9 Å². The van der Waals surface area contributed by atoms with Crippen LogP contribution in [-0.2, 0) is 13.1 Å². The van der Waals surface area contributed by atoms with Gasteiger partial charge in [-0.15, -0.1) is 0 Å². The van der Waals surface area contributed by atoms with Gasteiger partial charge >= 0.3 is 11.1 Å². The quantitative estimate of drug-likeness (QED) is 0.506. The first kappa shape index (κ1) is 18.6. The summed E-state index contributed by atoms with van der Waals surface area (Å²) in [4.78, 5) is 38.6. The number of benzene rings is 1. The van der Waals surface area contributed by atoms with Crippen molar-refractivity contribution in [2.75, 3.05) is 6.54 Å². The van der Waals surface area contributed by atoms with Crippen LogP contribution in [0.3, 0.4) is 0 Å². The number of aryl methyl sites for hydroxylation is 4. The molecule has 0 saturated carbocycles. The second kappa shape index (κ2) is 7.61. The fourth-order valence-corrected chi connectivity index (χ4v) is 3.17. The van der Waals surface area contributed by atoms with Crippen LogP contribution in [0.1, 0.15) is 35.1 Å². The molecule has 1 amide bonds. The van der Waals surface area contributed by atoms with Gasteiger partial charge in [-0.25, -0.2) is 0 Å². The Labute approximate surface area is 155 Å². The molecule has 0 bridgehead atoms. The predicted octanol–water partition coefficient (Wildman–Crippen LogP) is 1.34. The fraction of sp³-hybridized carbons (Fsp3) is 0.368. The largest absolute Gasteiger partial charge is 0.352 e. The number of aromatic amines is 1. The maximum atomic E-state index is 12.4. The molecule has 27 heavy (non-hydrogen) atoms. The lowest BCUT2D eigenvalue weighted by Gasteiger charge is -2.10. The van der Waals surface area contributed by atoms with Gasteiger partial charge in [0.1, 0.15) is 0 Å². The van der Waals surface area contributed by atoms with Gasteiger partial charge in [0.15, 0.2) is 0 Å². The second-order valence-electron chi connectivity index (χ2n) is 6.50. The standard InChI is InChI=1S/C19H23N5O3/c1-4-23-16-7-6-14(11-15(16)21-18(26)19(23)27)17(25)20-8-5-9-24-13(3)10-12(2)22-24/h6-7,10-11H,4-5,8-9H2,1-3H3,(H,20,25)(H,21,26). The van der Waals surface area contributed by atoms with Crippen LogP contribution in [0.5, 0.6) is 0 Å². The van der Waals surface area contributed by atoms with Gasteiger partial charge in [-0.05, 0) is 51.5 Å². The number of nitrogens with zero attached hydrogens (tertiary/aromatic N) is 3. The van der Waals surface area contributed by atoms with Gasteiger partial charge in [-0.3, -0.25) is 19.1 Å². The van der Waals surface area contributed by atoms with E-state index in [0.29, 0.717) is 29.7 Å². The molecular weight excluding hydrogens is 346 g/mol. The lowest BCUT2D eigenvalue weighted by atomic mass is 10.1.